The number of hydrogen-bond acceptors (Lipinski definition) is 4. The van der Waals surface area contributed by atoms with Crippen LogP contribution in [0.5, 0.6) is 0 Å². The van der Waals surface area contributed by atoms with Crippen LogP contribution in [0.3, 0.4) is 0 Å². The first-order chi connectivity index (χ1) is 8.40. The molecule has 0 fully saturated rings. The fraction of sp³-hybridized carbons (Fsp3) is 0.250. The van der Waals surface area contributed by atoms with E-state index in [1.165, 1.54) is 15.4 Å². The SMILES string of the molecule is OCCCc1sc2nccn2c1-c1cccs1. The molecule has 0 aliphatic rings. The number of aliphatic hydroxyl groups is 1. The third kappa shape index (κ3) is 1.90. The van der Waals surface area contributed by atoms with Gasteiger partial charge in [0, 0.05) is 23.9 Å². The lowest BCUT2D eigenvalue weighted by molar-refractivity contribution is 0.289. The fourth-order valence-corrected chi connectivity index (χ4v) is 3.90. The monoisotopic (exact) mass is 264 g/mol. The van der Waals surface area contributed by atoms with E-state index in [1.807, 2.05) is 12.4 Å². The minimum atomic E-state index is 0.240. The van der Waals surface area contributed by atoms with Crippen molar-refractivity contribution in [2.75, 3.05) is 6.61 Å². The summed E-state index contributed by atoms with van der Waals surface area (Å²) in [5.41, 5.74) is 1.24. The van der Waals surface area contributed by atoms with Gasteiger partial charge in [-0.05, 0) is 24.3 Å². The molecule has 0 aliphatic heterocycles. The zero-order valence-corrected chi connectivity index (χ0v) is 10.8. The molecule has 0 bridgehead atoms. The quantitative estimate of drug-likeness (QED) is 0.786. The first-order valence-electron chi connectivity index (χ1n) is 5.49. The standard InChI is InChI=1S/C12H12N2OS2/c15-7-1-3-10-11(9-4-2-8-16-9)14-6-5-13-12(14)17-10/h2,4-6,8,15H,1,3,7H2. The van der Waals surface area contributed by atoms with E-state index in [2.05, 4.69) is 26.9 Å². The van der Waals surface area contributed by atoms with E-state index >= 15 is 0 Å². The average Bonchev–Trinajstić information content (AvgIpc) is 3.01. The molecule has 3 heterocycles. The highest BCUT2D eigenvalue weighted by Gasteiger charge is 2.14. The first kappa shape index (κ1) is 11.0. The van der Waals surface area contributed by atoms with E-state index in [1.54, 1.807) is 22.7 Å². The molecular weight excluding hydrogens is 252 g/mol. The summed E-state index contributed by atoms with van der Waals surface area (Å²) in [6.07, 6.45) is 5.56. The smallest absolute Gasteiger partial charge is 0.194 e. The van der Waals surface area contributed by atoms with Gasteiger partial charge in [-0.3, -0.25) is 4.40 Å². The van der Waals surface area contributed by atoms with Crippen LogP contribution in [-0.2, 0) is 6.42 Å². The van der Waals surface area contributed by atoms with Gasteiger partial charge in [0.15, 0.2) is 4.96 Å². The van der Waals surface area contributed by atoms with Crippen molar-refractivity contribution in [2.45, 2.75) is 12.8 Å². The maximum atomic E-state index is 8.96. The van der Waals surface area contributed by atoms with Crippen molar-refractivity contribution in [1.29, 1.82) is 0 Å². The summed E-state index contributed by atoms with van der Waals surface area (Å²) in [6, 6.07) is 4.20. The predicted octanol–water partition coefficient (Wildman–Crippen LogP) is 3.05. The topological polar surface area (TPSA) is 37.5 Å². The Labute approximate surface area is 107 Å². The molecular formula is C12H12N2OS2. The number of aliphatic hydroxyl groups excluding tert-OH is 1. The zero-order valence-electron chi connectivity index (χ0n) is 9.17. The second-order valence-electron chi connectivity index (χ2n) is 3.76. The van der Waals surface area contributed by atoms with Gasteiger partial charge >= 0.3 is 0 Å². The Morgan fingerprint density at radius 3 is 3.12 bits per heavy atom. The molecule has 0 unspecified atom stereocenters. The van der Waals surface area contributed by atoms with E-state index in [0.717, 1.165) is 17.8 Å². The second-order valence-corrected chi connectivity index (χ2v) is 5.77. The summed E-state index contributed by atoms with van der Waals surface area (Å²) in [5.74, 6) is 0. The van der Waals surface area contributed by atoms with E-state index in [-0.39, 0.29) is 6.61 Å². The maximum absolute atomic E-state index is 8.96. The van der Waals surface area contributed by atoms with Crippen molar-refractivity contribution >= 4 is 27.6 Å². The summed E-state index contributed by atoms with van der Waals surface area (Å²) in [4.78, 5) is 7.95. The van der Waals surface area contributed by atoms with Crippen LogP contribution < -0.4 is 0 Å². The van der Waals surface area contributed by atoms with E-state index in [0.29, 0.717) is 0 Å². The molecule has 0 saturated carbocycles. The summed E-state index contributed by atoms with van der Waals surface area (Å²) in [5, 5.41) is 11.0. The Kier molecular flexibility index (Phi) is 2.96. The molecule has 1 N–H and O–H groups in total. The van der Waals surface area contributed by atoms with Crippen LogP contribution >= 0.6 is 22.7 Å². The minimum Gasteiger partial charge on any atom is -0.396 e. The van der Waals surface area contributed by atoms with Crippen LogP contribution in [0.2, 0.25) is 0 Å². The lowest BCUT2D eigenvalue weighted by Crippen LogP contribution is -1.90. The molecule has 0 radical (unpaired) electrons. The molecule has 0 amide bonds. The third-order valence-electron chi connectivity index (χ3n) is 2.64. The predicted molar refractivity (Wildman–Crippen MR) is 71.8 cm³/mol. The molecule has 0 spiro atoms. The van der Waals surface area contributed by atoms with Crippen LogP contribution in [0.1, 0.15) is 11.3 Å². The molecule has 17 heavy (non-hydrogen) atoms. The highest BCUT2D eigenvalue weighted by Crippen LogP contribution is 2.34. The number of thiophene rings is 1. The first-order valence-corrected chi connectivity index (χ1v) is 7.19. The van der Waals surface area contributed by atoms with Crippen molar-refractivity contribution in [1.82, 2.24) is 9.38 Å². The summed E-state index contributed by atoms with van der Waals surface area (Å²) in [7, 11) is 0. The lowest BCUT2D eigenvalue weighted by atomic mass is 10.2. The Hall–Kier alpha value is -1.17. The molecule has 0 aliphatic carbocycles. The number of imidazole rings is 1. The molecule has 5 heteroatoms. The van der Waals surface area contributed by atoms with Crippen molar-refractivity contribution in [3.63, 3.8) is 0 Å². The van der Waals surface area contributed by atoms with Crippen molar-refractivity contribution in [3.05, 3.63) is 34.8 Å². The number of aromatic nitrogens is 2. The molecule has 88 valence electrons. The Bertz CT molecular complexity index is 610. The van der Waals surface area contributed by atoms with E-state index in [9.17, 15) is 0 Å². The number of rotatable bonds is 4. The highest BCUT2D eigenvalue weighted by molar-refractivity contribution is 7.18. The zero-order chi connectivity index (χ0) is 11.7. The van der Waals surface area contributed by atoms with Gasteiger partial charge in [0.1, 0.15) is 0 Å². The number of nitrogens with zero attached hydrogens (tertiary/aromatic N) is 2. The largest absolute Gasteiger partial charge is 0.396 e. The van der Waals surface area contributed by atoms with E-state index < -0.39 is 0 Å². The van der Waals surface area contributed by atoms with Gasteiger partial charge < -0.3 is 5.11 Å². The summed E-state index contributed by atoms with van der Waals surface area (Å²) >= 11 is 3.46. The van der Waals surface area contributed by atoms with Gasteiger partial charge in [-0.15, -0.1) is 22.7 Å². The average molecular weight is 264 g/mol. The summed E-state index contributed by atoms with van der Waals surface area (Å²) in [6.45, 7) is 0.240. The van der Waals surface area contributed by atoms with Crippen LogP contribution in [0.25, 0.3) is 15.5 Å². The minimum absolute atomic E-state index is 0.240. The fourth-order valence-electron chi connectivity index (χ4n) is 1.91. The summed E-state index contributed by atoms with van der Waals surface area (Å²) < 4.78 is 2.14. The lowest BCUT2D eigenvalue weighted by Gasteiger charge is -2.01. The maximum Gasteiger partial charge on any atom is 0.194 e. The van der Waals surface area contributed by atoms with Gasteiger partial charge in [-0.1, -0.05) is 6.07 Å². The number of fused-ring (bicyclic) bond motifs is 1. The van der Waals surface area contributed by atoms with Crippen molar-refractivity contribution in [3.8, 4) is 10.6 Å². The van der Waals surface area contributed by atoms with Crippen LogP contribution in [0, 0.1) is 0 Å². The Morgan fingerprint density at radius 2 is 2.35 bits per heavy atom. The van der Waals surface area contributed by atoms with Crippen molar-refractivity contribution < 1.29 is 5.11 Å². The molecule has 0 atom stereocenters. The number of thiazole rings is 1. The van der Waals surface area contributed by atoms with Gasteiger partial charge in [0.2, 0.25) is 0 Å². The number of aryl methyl sites for hydroxylation is 1. The molecule has 3 aromatic rings. The third-order valence-corrected chi connectivity index (χ3v) is 4.65. The van der Waals surface area contributed by atoms with Gasteiger partial charge in [0.25, 0.3) is 0 Å². The highest BCUT2D eigenvalue weighted by atomic mass is 32.1. The molecule has 3 aromatic heterocycles. The normalized spacial score (nSPS) is 11.4. The Morgan fingerprint density at radius 1 is 1.41 bits per heavy atom. The number of hydrogen-bond donors (Lipinski definition) is 1. The molecule has 0 saturated heterocycles. The molecule has 0 aromatic carbocycles. The van der Waals surface area contributed by atoms with Gasteiger partial charge in [0.05, 0.1) is 10.6 Å². The van der Waals surface area contributed by atoms with Crippen LogP contribution in [0.4, 0.5) is 0 Å². The molecule has 3 nitrogen and oxygen atoms in total. The van der Waals surface area contributed by atoms with Crippen molar-refractivity contribution in [2.24, 2.45) is 0 Å². The Balaban J connectivity index is 2.14. The van der Waals surface area contributed by atoms with Gasteiger partial charge in [-0.25, -0.2) is 4.98 Å². The second kappa shape index (κ2) is 4.60. The van der Waals surface area contributed by atoms with Crippen LogP contribution in [-0.4, -0.2) is 21.1 Å². The van der Waals surface area contributed by atoms with Crippen LogP contribution in [0.15, 0.2) is 29.9 Å². The van der Waals surface area contributed by atoms with E-state index in [4.69, 9.17) is 5.11 Å². The molecule has 3 rings (SSSR count). The van der Waals surface area contributed by atoms with Gasteiger partial charge in [-0.2, -0.15) is 0 Å².